The second-order valence-electron chi connectivity index (χ2n) is 3.40. The summed E-state index contributed by atoms with van der Waals surface area (Å²) in [7, 11) is 0. The summed E-state index contributed by atoms with van der Waals surface area (Å²) in [5.41, 5.74) is 0. The maximum absolute atomic E-state index is 13.2. The second kappa shape index (κ2) is 3.84. The van der Waals surface area contributed by atoms with E-state index in [1.807, 2.05) is 0 Å². The normalized spacial score (nSPS) is 19.4. The molecule has 0 aromatic heterocycles. The summed E-state index contributed by atoms with van der Waals surface area (Å²) in [6, 6.07) is 1.77. The van der Waals surface area contributed by atoms with Gasteiger partial charge in [-0.15, -0.1) is 0 Å². The molecule has 0 aromatic rings. The van der Waals surface area contributed by atoms with E-state index < -0.39 is 11.8 Å². The molecule has 0 aliphatic heterocycles. The van der Waals surface area contributed by atoms with Crippen LogP contribution < -0.4 is 0 Å². The summed E-state index contributed by atoms with van der Waals surface area (Å²) in [6.45, 7) is 0. The SMILES string of the molecule is N#CCCC(F)(F)C1CCCC1. The number of nitrogens with zero attached hydrogens (tertiary/aromatic N) is 1. The fraction of sp³-hybridized carbons (Fsp3) is 0.889. The zero-order chi connectivity index (χ0) is 9.03. The number of hydrogen-bond donors (Lipinski definition) is 0. The van der Waals surface area contributed by atoms with Gasteiger partial charge in [-0.1, -0.05) is 12.8 Å². The molecule has 1 aliphatic carbocycles. The molecule has 0 heterocycles. The van der Waals surface area contributed by atoms with Gasteiger partial charge in [-0.25, -0.2) is 8.78 Å². The number of nitriles is 1. The Morgan fingerprint density at radius 2 is 1.92 bits per heavy atom. The van der Waals surface area contributed by atoms with Crippen molar-refractivity contribution in [2.24, 2.45) is 5.92 Å². The van der Waals surface area contributed by atoms with E-state index >= 15 is 0 Å². The van der Waals surface area contributed by atoms with Crippen molar-refractivity contribution in [3.05, 3.63) is 0 Å². The molecule has 0 unspecified atom stereocenters. The van der Waals surface area contributed by atoms with Crippen LogP contribution in [-0.2, 0) is 0 Å². The number of halogens is 2. The minimum absolute atomic E-state index is 0.0243. The van der Waals surface area contributed by atoms with Crippen molar-refractivity contribution in [3.8, 4) is 6.07 Å². The van der Waals surface area contributed by atoms with Crippen molar-refractivity contribution >= 4 is 0 Å². The van der Waals surface area contributed by atoms with Crippen LogP contribution in [0.3, 0.4) is 0 Å². The van der Waals surface area contributed by atoms with Gasteiger partial charge >= 0.3 is 0 Å². The van der Waals surface area contributed by atoms with Gasteiger partial charge in [0.2, 0.25) is 0 Å². The fourth-order valence-electron chi connectivity index (χ4n) is 1.77. The maximum atomic E-state index is 13.2. The van der Waals surface area contributed by atoms with Gasteiger partial charge in [0, 0.05) is 18.8 Å². The van der Waals surface area contributed by atoms with Gasteiger partial charge in [0.05, 0.1) is 6.07 Å². The molecule has 0 saturated heterocycles. The summed E-state index contributed by atoms with van der Waals surface area (Å²) in [4.78, 5) is 0. The van der Waals surface area contributed by atoms with E-state index in [0.29, 0.717) is 12.8 Å². The summed E-state index contributed by atoms with van der Waals surface area (Å²) in [5.74, 6) is -3.04. The Bertz CT molecular complexity index is 177. The first-order valence-corrected chi connectivity index (χ1v) is 4.41. The highest BCUT2D eigenvalue weighted by molar-refractivity contribution is 4.84. The third-order valence-electron chi connectivity index (χ3n) is 2.52. The Labute approximate surface area is 71.4 Å². The van der Waals surface area contributed by atoms with Gasteiger partial charge in [0.1, 0.15) is 0 Å². The Morgan fingerprint density at radius 1 is 1.33 bits per heavy atom. The van der Waals surface area contributed by atoms with Crippen LogP contribution in [0, 0.1) is 17.2 Å². The van der Waals surface area contributed by atoms with Crippen LogP contribution >= 0.6 is 0 Å². The highest BCUT2D eigenvalue weighted by Gasteiger charge is 2.39. The van der Waals surface area contributed by atoms with Crippen LogP contribution in [0.5, 0.6) is 0 Å². The summed E-state index contributed by atoms with van der Waals surface area (Å²) < 4.78 is 26.3. The van der Waals surface area contributed by atoms with E-state index in [9.17, 15) is 8.78 Å². The van der Waals surface area contributed by atoms with Gasteiger partial charge in [-0.2, -0.15) is 5.26 Å². The molecule has 0 N–H and O–H groups in total. The van der Waals surface area contributed by atoms with Crippen molar-refractivity contribution in [2.45, 2.75) is 44.4 Å². The molecule has 0 amide bonds. The first-order chi connectivity index (χ1) is 5.67. The number of rotatable bonds is 3. The maximum Gasteiger partial charge on any atom is 0.251 e. The molecule has 1 rings (SSSR count). The van der Waals surface area contributed by atoms with Crippen LogP contribution in [0.2, 0.25) is 0 Å². The van der Waals surface area contributed by atoms with Crippen LogP contribution in [0.1, 0.15) is 38.5 Å². The standard InChI is InChI=1S/C9H13F2N/c10-9(11,6-3-7-12)8-4-1-2-5-8/h8H,1-6H2. The predicted molar refractivity (Wildman–Crippen MR) is 41.8 cm³/mol. The molecule has 0 radical (unpaired) electrons. The zero-order valence-electron chi connectivity index (χ0n) is 7.02. The van der Waals surface area contributed by atoms with Crippen LogP contribution in [-0.4, -0.2) is 5.92 Å². The van der Waals surface area contributed by atoms with E-state index in [4.69, 9.17) is 5.26 Å². The largest absolute Gasteiger partial charge is 0.251 e. The molecule has 68 valence electrons. The Morgan fingerprint density at radius 3 is 2.42 bits per heavy atom. The van der Waals surface area contributed by atoms with Gasteiger partial charge in [-0.05, 0) is 12.8 Å². The van der Waals surface area contributed by atoms with Crippen LogP contribution in [0.25, 0.3) is 0 Å². The lowest BCUT2D eigenvalue weighted by molar-refractivity contribution is -0.0615. The molecule has 1 saturated carbocycles. The van der Waals surface area contributed by atoms with Crippen molar-refractivity contribution in [1.82, 2.24) is 0 Å². The highest BCUT2D eigenvalue weighted by Crippen LogP contribution is 2.40. The molecule has 1 fully saturated rings. The minimum atomic E-state index is -2.59. The molecule has 0 aromatic carbocycles. The van der Waals surface area contributed by atoms with E-state index in [1.165, 1.54) is 0 Å². The van der Waals surface area contributed by atoms with E-state index in [-0.39, 0.29) is 12.8 Å². The molecular weight excluding hydrogens is 160 g/mol. The lowest BCUT2D eigenvalue weighted by atomic mass is 9.96. The first kappa shape index (κ1) is 9.44. The topological polar surface area (TPSA) is 23.8 Å². The van der Waals surface area contributed by atoms with Crippen molar-refractivity contribution in [1.29, 1.82) is 5.26 Å². The predicted octanol–water partition coefficient (Wildman–Crippen LogP) is 3.12. The first-order valence-electron chi connectivity index (χ1n) is 4.41. The van der Waals surface area contributed by atoms with Gasteiger partial charge in [0.25, 0.3) is 5.92 Å². The molecule has 12 heavy (non-hydrogen) atoms. The minimum Gasteiger partial charge on any atom is -0.207 e. The molecule has 0 bridgehead atoms. The Hall–Kier alpha value is -0.650. The Balaban J connectivity index is 2.40. The summed E-state index contributed by atoms with van der Waals surface area (Å²) in [6.07, 6.45) is 2.84. The van der Waals surface area contributed by atoms with E-state index in [1.54, 1.807) is 6.07 Å². The monoisotopic (exact) mass is 173 g/mol. The highest BCUT2D eigenvalue weighted by atomic mass is 19.3. The van der Waals surface area contributed by atoms with Gasteiger partial charge in [0.15, 0.2) is 0 Å². The summed E-state index contributed by atoms with van der Waals surface area (Å²) in [5, 5.41) is 8.19. The smallest absolute Gasteiger partial charge is 0.207 e. The van der Waals surface area contributed by atoms with Crippen molar-refractivity contribution in [2.75, 3.05) is 0 Å². The van der Waals surface area contributed by atoms with Crippen LogP contribution in [0.4, 0.5) is 8.78 Å². The molecule has 3 heteroatoms. The van der Waals surface area contributed by atoms with Gasteiger partial charge in [-0.3, -0.25) is 0 Å². The average Bonchev–Trinajstić information content (AvgIpc) is 2.53. The molecular formula is C9H13F2N. The zero-order valence-corrected chi connectivity index (χ0v) is 7.02. The number of alkyl halides is 2. The van der Waals surface area contributed by atoms with E-state index in [0.717, 1.165) is 12.8 Å². The molecule has 0 atom stereocenters. The van der Waals surface area contributed by atoms with Crippen LogP contribution in [0.15, 0.2) is 0 Å². The molecule has 0 spiro atoms. The number of hydrogen-bond acceptors (Lipinski definition) is 1. The van der Waals surface area contributed by atoms with Crippen molar-refractivity contribution in [3.63, 3.8) is 0 Å². The second-order valence-corrected chi connectivity index (χ2v) is 3.40. The lowest BCUT2D eigenvalue weighted by Gasteiger charge is -2.21. The average molecular weight is 173 g/mol. The quantitative estimate of drug-likeness (QED) is 0.643. The molecule has 1 aliphatic rings. The van der Waals surface area contributed by atoms with Gasteiger partial charge < -0.3 is 0 Å². The fourth-order valence-corrected chi connectivity index (χ4v) is 1.77. The van der Waals surface area contributed by atoms with E-state index in [2.05, 4.69) is 0 Å². The van der Waals surface area contributed by atoms with Crippen molar-refractivity contribution < 1.29 is 8.78 Å². The third kappa shape index (κ3) is 2.17. The molecule has 1 nitrogen and oxygen atoms in total. The third-order valence-corrected chi connectivity index (χ3v) is 2.52. The summed E-state index contributed by atoms with van der Waals surface area (Å²) >= 11 is 0. The Kier molecular flexibility index (Phi) is 3.02. The lowest BCUT2D eigenvalue weighted by Crippen LogP contribution is -2.25.